The standard InChI is InChI=1S/C26H20F3N5O2/c1-14-22(24(35)32-20-10-11-21-18(12-20)13-30-34-21)23(33-25(36)31-14)17-4-2-15(3-5-17)16-6-8-19(9-7-16)26(27,28)29/h2-13,23H,1H3,(H,30,34)(H,32,35)(H2,31,33,36). The summed E-state index contributed by atoms with van der Waals surface area (Å²) in [7, 11) is 0. The molecule has 3 amide bonds. The lowest BCUT2D eigenvalue weighted by Gasteiger charge is -2.28. The number of allylic oxidation sites excluding steroid dienone is 1. The van der Waals surface area contributed by atoms with E-state index in [1.54, 1.807) is 55.6 Å². The van der Waals surface area contributed by atoms with Crippen molar-refractivity contribution in [3.63, 3.8) is 0 Å². The van der Waals surface area contributed by atoms with E-state index in [2.05, 4.69) is 26.1 Å². The van der Waals surface area contributed by atoms with Gasteiger partial charge in [0.2, 0.25) is 0 Å². The van der Waals surface area contributed by atoms with Crippen LogP contribution in [0.1, 0.15) is 24.1 Å². The van der Waals surface area contributed by atoms with Crippen LogP contribution in [-0.2, 0) is 11.0 Å². The van der Waals surface area contributed by atoms with E-state index in [1.165, 1.54) is 12.1 Å². The molecule has 1 unspecified atom stereocenters. The predicted octanol–water partition coefficient (Wildman–Crippen LogP) is 5.52. The van der Waals surface area contributed by atoms with Crippen LogP contribution >= 0.6 is 0 Å². The summed E-state index contributed by atoms with van der Waals surface area (Å²) in [6, 6.07) is 16.0. The molecule has 182 valence electrons. The average molecular weight is 491 g/mol. The number of amides is 3. The Bertz CT molecular complexity index is 1490. The number of urea groups is 1. The van der Waals surface area contributed by atoms with Crippen molar-refractivity contribution in [3.8, 4) is 11.1 Å². The number of aromatic amines is 1. The topological polar surface area (TPSA) is 98.9 Å². The number of halogens is 3. The summed E-state index contributed by atoms with van der Waals surface area (Å²) in [6.07, 6.45) is -2.75. The Hall–Kier alpha value is -4.60. The highest BCUT2D eigenvalue weighted by Crippen LogP contribution is 2.33. The molecule has 0 aliphatic carbocycles. The van der Waals surface area contributed by atoms with E-state index in [1.807, 2.05) is 0 Å². The molecule has 1 aliphatic heterocycles. The van der Waals surface area contributed by atoms with E-state index >= 15 is 0 Å². The van der Waals surface area contributed by atoms with Crippen LogP contribution in [0.25, 0.3) is 22.0 Å². The second-order valence-corrected chi connectivity index (χ2v) is 8.39. The van der Waals surface area contributed by atoms with Crippen LogP contribution < -0.4 is 16.0 Å². The number of aromatic nitrogens is 2. The first-order valence-electron chi connectivity index (χ1n) is 11.0. The van der Waals surface area contributed by atoms with Crippen LogP contribution in [-0.4, -0.2) is 22.1 Å². The average Bonchev–Trinajstić information content (AvgIpc) is 3.31. The van der Waals surface area contributed by atoms with Crippen molar-refractivity contribution in [2.75, 3.05) is 5.32 Å². The van der Waals surface area contributed by atoms with Gasteiger partial charge in [-0.05, 0) is 53.9 Å². The van der Waals surface area contributed by atoms with Crippen molar-refractivity contribution in [2.24, 2.45) is 0 Å². The number of hydrogen-bond acceptors (Lipinski definition) is 3. The number of fused-ring (bicyclic) bond motifs is 1. The van der Waals surface area contributed by atoms with Gasteiger partial charge in [0, 0.05) is 16.8 Å². The van der Waals surface area contributed by atoms with Crippen molar-refractivity contribution in [1.82, 2.24) is 20.8 Å². The summed E-state index contributed by atoms with van der Waals surface area (Å²) in [4.78, 5) is 25.5. The lowest BCUT2D eigenvalue weighted by Crippen LogP contribution is -2.45. The molecule has 0 fully saturated rings. The molecule has 0 saturated heterocycles. The third-order valence-electron chi connectivity index (χ3n) is 6.00. The Morgan fingerprint density at radius 3 is 2.31 bits per heavy atom. The van der Waals surface area contributed by atoms with E-state index in [9.17, 15) is 22.8 Å². The molecule has 1 aromatic heterocycles. The minimum absolute atomic E-state index is 0.337. The maximum Gasteiger partial charge on any atom is 0.416 e. The zero-order chi connectivity index (χ0) is 25.4. The molecule has 0 spiro atoms. The van der Waals surface area contributed by atoms with Gasteiger partial charge in [0.25, 0.3) is 5.91 Å². The van der Waals surface area contributed by atoms with Gasteiger partial charge in [-0.3, -0.25) is 9.89 Å². The molecule has 0 bridgehead atoms. The number of nitrogens with one attached hydrogen (secondary N) is 4. The van der Waals surface area contributed by atoms with Crippen molar-refractivity contribution in [1.29, 1.82) is 0 Å². The fourth-order valence-electron chi connectivity index (χ4n) is 4.18. The number of H-pyrrole nitrogens is 1. The maximum atomic E-state index is 13.3. The normalized spacial score (nSPS) is 16.0. The lowest BCUT2D eigenvalue weighted by molar-refractivity contribution is -0.137. The Labute approximate surface area is 203 Å². The number of hydrogen-bond donors (Lipinski definition) is 4. The second kappa shape index (κ2) is 8.88. The van der Waals surface area contributed by atoms with Crippen LogP contribution in [0.4, 0.5) is 23.7 Å². The molecule has 5 rings (SSSR count). The first kappa shape index (κ1) is 23.2. The summed E-state index contributed by atoms with van der Waals surface area (Å²) in [5.41, 5.74) is 3.40. The van der Waals surface area contributed by atoms with Crippen LogP contribution in [0.2, 0.25) is 0 Å². The van der Waals surface area contributed by atoms with E-state index in [0.717, 1.165) is 23.0 Å². The highest BCUT2D eigenvalue weighted by molar-refractivity contribution is 6.07. The number of alkyl halides is 3. The van der Waals surface area contributed by atoms with Gasteiger partial charge in [0.15, 0.2) is 0 Å². The van der Waals surface area contributed by atoms with E-state index < -0.39 is 23.8 Å². The minimum Gasteiger partial charge on any atom is -0.327 e. The monoisotopic (exact) mass is 491 g/mol. The van der Waals surface area contributed by atoms with Gasteiger partial charge >= 0.3 is 12.2 Å². The van der Waals surface area contributed by atoms with Gasteiger partial charge < -0.3 is 16.0 Å². The summed E-state index contributed by atoms with van der Waals surface area (Å²) in [5, 5.41) is 15.9. The summed E-state index contributed by atoms with van der Waals surface area (Å²) in [6.45, 7) is 1.65. The smallest absolute Gasteiger partial charge is 0.327 e. The van der Waals surface area contributed by atoms with E-state index in [0.29, 0.717) is 33.6 Å². The zero-order valence-corrected chi connectivity index (χ0v) is 18.9. The van der Waals surface area contributed by atoms with Crippen LogP contribution in [0.3, 0.4) is 0 Å². The minimum atomic E-state index is -4.40. The van der Waals surface area contributed by atoms with Crippen molar-refractivity contribution in [2.45, 2.75) is 19.1 Å². The van der Waals surface area contributed by atoms with Crippen LogP contribution in [0.5, 0.6) is 0 Å². The number of carbonyl (C=O) groups excluding carboxylic acids is 2. The Balaban J connectivity index is 1.40. The molecule has 7 nitrogen and oxygen atoms in total. The molecule has 10 heteroatoms. The fraction of sp³-hybridized carbons (Fsp3) is 0.115. The third-order valence-corrected chi connectivity index (χ3v) is 6.00. The van der Waals surface area contributed by atoms with Gasteiger partial charge in [0.1, 0.15) is 0 Å². The van der Waals surface area contributed by atoms with Crippen LogP contribution in [0.15, 0.2) is 84.2 Å². The third kappa shape index (κ3) is 4.52. The second-order valence-electron chi connectivity index (χ2n) is 8.39. The Kier molecular flexibility index (Phi) is 5.71. The lowest BCUT2D eigenvalue weighted by atomic mass is 9.93. The molecule has 4 N–H and O–H groups in total. The van der Waals surface area contributed by atoms with Crippen LogP contribution in [0, 0.1) is 0 Å². The van der Waals surface area contributed by atoms with Gasteiger partial charge in [-0.1, -0.05) is 36.4 Å². The molecule has 0 saturated carbocycles. The number of benzene rings is 3. The molecular formula is C26H20F3N5O2. The largest absolute Gasteiger partial charge is 0.416 e. The number of nitrogens with zero attached hydrogens (tertiary/aromatic N) is 1. The van der Waals surface area contributed by atoms with Gasteiger partial charge in [-0.15, -0.1) is 0 Å². The Morgan fingerprint density at radius 2 is 1.64 bits per heavy atom. The summed E-state index contributed by atoms with van der Waals surface area (Å²) < 4.78 is 38.6. The van der Waals surface area contributed by atoms with Crippen molar-refractivity contribution >= 4 is 28.5 Å². The highest BCUT2D eigenvalue weighted by atomic mass is 19.4. The molecule has 1 atom stereocenters. The number of carbonyl (C=O) groups is 2. The quantitative estimate of drug-likeness (QED) is 0.303. The van der Waals surface area contributed by atoms with E-state index in [-0.39, 0.29) is 5.91 Å². The SMILES string of the molecule is CC1=C(C(=O)Nc2ccc3[nH]ncc3c2)C(c2ccc(-c3ccc(C(F)(F)F)cc3)cc2)NC(=O)N1. The van der Waals surface area contributed by atoms with E-state index in [4.69, 9.17) is 0 Å². The van der Waals surface area contributed by atoms with Gasteiger partial charge in [-0.25, -0.2) is 4.79 Å². The molecule has 0 radical (unpaired) electrons. The van der Waals surface area contributed by atoms with Gasteiger partial charge in [0.05, 0.1) is 28.9 Å². The molecule has 36 heavy (non-hydrogen) atoms. The highest BCUT2D eigenvalue weighted by Gasteiger charge is 2.32. The molecule has 4 aromatic rings. The molecule has 2 heterocycles. The first-order chi connectivity index (χ1) is 17.2. The molecule has 1 aliphatic rings. The van der Waals surface area contributed by atoms with Crippen molar-refractivity contribution in [3.05, 3.63) is 95.3 Å². The molecule has 3 aromatic carbocycles. The summed E-state index contributed by atoms with van der Waals surface area (Å²) >= 11 is 0. The molecular weight excluding hydrogens is 471 g/mol. The predicted molar refractivity (Wildman–Crippen MR) is 129 cm³/mol. The summed E-state index contributed by atoms with van der Waals surface area (Å²) in [5.74, 6) is -0.389. The fourth-order valence-corrected chi connectivity index (χ4v) is 4.18. The first-order valence-corrected chi connectivity index (χ1v) is 11.0. The Morgan fingerprint density at radius 1 is 0.972 bits per heavy atom. The number of rotatable bonds is 4. The number of anilines is 1. The van der Waals surface area contributed by atoms with Gasteiger partial charge in [-0.2, -0.15) is 18.3 Å². The maximum absolute atomic E-state index is 13.3. The van der Waals surface area contributed by atoms with Crippen molar-refractivity contribution < 1.29 is 22.8 Å². The zero-order valence-electron chi connectivity index (χ0n) is 18.9.